The molecule has 2 heterocycles. The molecule has 1 saturated heterocycles. The zero-order chi connectivity index (χ0) is 20.1. The first-order valence-corrected chi connectivity index (χ1v) is 11.8. The van der Waals surface area contributed by atoms with E-state index in [1.807, 2.05) is 19.1 Å². The predicted molar refractivity (Wildman–Crippen MR) is 110 cm³/mol. The molecule has 0 bridgehead atoms. The number of nitrogens with one attached hydrogen (secondary N) is 1. The molecule has 1 atom stereocenters. The summed E-state index contributed by atoms with van der Waals surface area (Å²) in [5.41, 5.74) is 0.974. The van der Waals surface area contributed by atoms with Crippen molar-refractivity contribution in [3.63, 3.8) is 0 Å². The lowest BCUT2D eigenvalue weighted by molar-refractivity contribution is -0.126. The molecule has 0 saturated carbocycles. The highest BCUT2D eigenvalue weighted by Gasteiger charge is 2.33. The van der Waals surface area contributed by atoms with Crippen molar-refractivity contribution in [1.82, 2.24) is 9.62 Å². The number of hydrogen-bond acceptors (Lipinski definition) is 5. The maximum absolute atomic E-state index is 12.7. The Hall–Kier alpha value is -1.61. The van der Waals surface area contributed by atoms with E-state index in [9.17, 15) is 13.2 Å². The van der Waals surface area contributed by atoms with Crippen molar-refractivity contribution in [1.29, 1.82) is 0 Å². The number of nitrogens with zero attached hydrogens (tertiary/aromatic N) is 1. The van der Waals surface area contributed by atoms with Gasteiger partial charge in [-0.3, -0.25) is 4.79 Å². The van der Waals surface area contributed by atoms with E-state index in [1.54, 1.807) is 23.6 Å². The lowest BCUT2D eigenvalue weighted by Gasteiger charge is -2.30. The quantitative estimate of drug-likeness (QED) is 0.667. The van der Waals surface area contributed by atoms with Gasteiger partial charge in [-0.1, -0.05) is 23.7 Å². The number of hydrogen-bond donors (Lipinski definition) is 1. The van der Waals surface area contributed by atoms with Gasteiger partial charge in [0, 0.05) is 18.1 Å². The summed E-state index contributed by atoms with van der Waals surface area (Å²) in [5.74, 6) is 0.157. The topological polar surface area (TPSA) is 75.7 Å². The second-order valence-electron chi connectivity index (χ2n) is 6.68. The van der Waals surface area contributed by atoms with E-state index in [2.05, 4.69) is 5.32 Å². The first kappa shape index (κ1) is 21.1. The van der Waals surface area contributed by atoms with Crippen molar-refractivity contribution >= 4 is 38.9 Å². The molecule has 0 aliphatic carbocycles. The molecule has 152 valence electrons. The lowest BCUT2D eigenvalue weighted by Crippen LogP contribution is -2.45. The van der Waals surface area contributed by atoms with E-state index in [1.165, 1.54) is 15.6 Å². The van der Waals surface area contributed by atoms with Crippen LogP contribution in [0.5, 0.6) is 5.75 Å². The first-order chi connectivity index (χ1) is 13.4. The molecule has 6 nitrogen and oxygen atoms in total. The largest absolute Gasteiger partial charge is 0.492 e. The van der Waals surface area contributed by atoms with E-state index in [4.69, 9.17) is 16.3 Å². The third-order valence-corrected chi connectivity index (χ3v) is 8.30. The van der Waals surface area contributed by atoms with Gasteiger partial charge in [-0.25, -0.2) is 8.42 Å². The van der Waals surface area contributed by atoms with E-state index in [0.717, 1.165) is 5.56 Å². The Kier molecular flexibility index (Phi) is 6.98. The van der Waals surface area contributed by atoms with E-state index in [-0.39, 0.29) is 18.4 Å². The standard InChI is InChI=1S/C19H23ClN2O4S2/c1-14-6-7-16(12-17(14)20)26-10-8-21-19(23)15-4-2-9-22(13-15)28(24,25)18-5-3-11-27-18/h3,5-7,11-12,15H,2,4,8-10,13H2,1H3,(H,21,23). The number of amides is 1. The van der Waals surface area contributed by atoms with Gasteiger partial charge in [0.25, 0.3) is 10.0 Å². The van der Waals surface area contributed by atoms with Gasteiger partial charge >= 0.3 is 0 Å². The van der Waals surface area contributed by atoms with Crippen molar-refractivity contribution in [3.05, 3.63) is 46.3 Å². The van der Waals surface area contributed by atoms with Crippen LogP contribution >= 0.6 is 22.9 Å². The number of carbonyl (C=O) groups is 1. The van der Waals surface area contributed by atoms with Gasteiger partial charge in [0.05, 0.1) is 12.5 Å². The molecule has 1 aromatic carbocycles. The van der Waals surface area contributed by atoms with Gasteiger partial charge < -0.3 is 10.1 Å². The number of aryl methyl sites for hydroxylation is 1. The molecule has 0 radical (unpaired) electrons. The Labute approximate surface area is 174 Å². The fraction of sp³-hybridized carbons (Fsp3) is 0.421. The van der Waals surface area contributed by atoms with Crippen LogP contribution in [0.2, 0.25) is 5.02 Å². The van der Waals surface area contributed by atoms with Crippen LogP contribution in [0, 0.1) is 12.8 Å². The summed E-state index contributed by atoms with van der Waals surface area (Å²) in [6, 6.07) is 8.76. The van der Waals surface area contributed by atoms with Crippen LogP contribution < -0.4 is 10.1 Å². The monoisotopic (exact) mass is 442 g/mol. The van der Waals surface area contributed by atoms with Gasteiger partial charge in [-0.05, 0) is 48.9 Å². The molecule has 1 unspecified atom stereocenters. The second kappa shape index (κ2) is 9.26. The maximum Gasteiger partial charge on any atom is 0.252 e. The number of carbonyl (C=O) groups excluding carboxylic acids is 1. The molecule has 9 heteroatoms. The summed E-state index contributed by atoms with van der Waals surface area (Å²) >= 11 is 7.26. The molecule has 1 amide bonds. The van der Waals surface area contributed by atoms with Gasteiger partial charge in [-0.15, -0.1) is 11.3 Å². The number of piperidine rings is 1. The molecule has 1 aliphatic heterocycles. The molecule has 1 aliphatic rings. The number of benzene rings is 1. The Morgan fingerprint density at radius 1 is 1.39 bits per heavy atom. The molecule has 1 fully saturated rings. The number of halogens is 1. The summed E-state index contributed by atoms with van der Waals surface area (Å²) in [6.45, 7) is 3.23. The lowest BCUT2D eigenvalue weighted by atomic mass is 9.99. The first-order valence-electron chi connectivity index (χ1n) is 9.08. The molecule has 0 spiro atoms. The van der Waals surface area contributed by atoms with Crippen molar-refractivity contribution < 1.29 is 17.9 Å². The van der Waals surface area contributed by atoms with Gasteiger partial charge in [0.1, 0.15) is 16.6 Å². The molecule has 28 heavy (non-hydrogen) atoms. The van der Waals surface area contributed by atoms with Crippen molar-refractivity contribution in [2.24, 2.45) is 5.92 Å². The van der Waals surface area contributed by atoms with E-state index in [0.29, 0.717) is 47.5 Å². The number of thiophene rings is 1. The van der Waals surface area contributed by atoms with E-state index < -0.39 is 10.0 Å². The second-order valence-corrected chi connectivity index (χ2v) is 10.2. The summed E-state index contributed by atoms with van der Waals surface area (Å²) < 4.78 is 32.7. The molecule has 1 aromatic heterocycles. The molecule has 1 N–H and O–H groups in total. The van der Waals surface area contributed by atoms with Crippen molar-refractivity contribution in [3.8, 4) is 5.75 Å². The number of rotatable bonds is 7. The average Bonchev–Trinajstić information content (AvgIpc) is 3.23. The minimum Gasteiger partial charge on any atom is -0.492 e. The van der Waals surface area contributed by atoms with Crippen LogP contribution in [-0.2, 0) is 14.8 Å². The zero-order valence-corrected chi connectivity index (χ0v) is 17.9. The smallest absolute Gasteiger partial charge is 0.252 e. The highest BCUT2D eigenvalue weighted by atomic mass is 35.5. The fourth-order valence-electron chi connectivity index (χ4n) is 3.06. The zero-order valence-electron chi connectivity index (χ0n) is 15.6. The maximum atomic E-state index is 12.7. The summed E-state index contributed by atoms with van der Waals surface area (Å²) in [5, 5.41) is 5.21. The van der Waals surface area contributed by atoms with Crippen molar-refractivity contribution in [2.75, 3.05) is 26.2 Å². The van der Waals surface area contributed by atoms with Gasteiger partial charge in [0.15, 0.2) is 0 Å². The Balaban J connectivity index is 1.48. The third-order valence-electron chi connectivity index (χ3n) is 4.66. The molecular formula is C19H23ClN2O4S2. The van der Waals surface area contributed by atoms with Crippen LogP contribution in [0.15, 0.2) is 39.9 Å². The summed E-state index contributed by atoms with van der Waals surface area (Å²) in [7, 11) is -3.52. The van der Waals surface area contributed by atoms with Crippen LogP contribution in [0.25, 0.3) is 0 Å². The van der Waals surface area contributed by atoms with E-state index >= 15 is 0 Å². The van der Waals surface area contributed by atoms with Crippen LogP contribution in [0.4, 0.5) is 0 Å². The van der Waals surface area contributed by atoms with Gasteiger partial charge in [0.2, 0.25) is 5.91 Å². The highest BCUT2D eigenvalue weighted by Crippen LogP contribution is 2.26. The summed E-state index contributed by atoms with van der Waals surface area (Å²) in [4.78, 5) is 12.5. The Morgan fingerprint density at radius 2 is 2.21 bits per heavy atom. The Bertz CT molecular complexity index is 916. The number of sulfonamides is 1. The summed E-state index contributed by atoms with van der Waals surface area (Å²) in [6.07, 6.45) is 1.35. The van der Waals surface area contributed by atoms with Gasteiger partial charge in [-0.2, -0.15) is 4.31 Å². The normalized spacial score (nSPS) is 18.0. The number of ether oxygens (including phenoxy) is 1. The van der Waals surface area contributed by atoms with Crippen molar-refractivity contribution in [2.45, 2.75) is 24.0 Å². The SMILES string of the molecule is Cc1ccc(OCCNC(=O)C2CCCN(S(=O)(=O)c3cccs3)C2)cc1Cl. The van der Waals surface area contributed by atoms with Crippen LogP contribution in [-0.4, -0.2) is 44.9 Å². The third kappa shape index (κ3) is 5.05. The predicted octanol–water partition coefficient (Wildman–Crippen LogP) is 3.31. The van der Waals surface area contributed by atoms with Crippen LogP contribution in [0.3, 0.4) is 0 Å². The van der Waals surface area contributed by atoms with Crippen LogP contribution in [0.1, 0.15) is 18.4 Å². The fourth-order valence-corrected chi connectivity index (χ4v) is 5.90. The molecule has 2 aromatic rings. The minimum absolute atomic E-state index is 0.142. The Morgan fingerprint density at radius 3 is 2.93 bits per heavy atom. The molecular weight excluding hydrogens is 420 g/mol. The highest BCUT2D eigenvalue weighted by molar-refractivity contribution is 7.91. The minimum atomic E-state index is -3.52. The average molecular weight is 443 g/mol. The molecule has 3 rings (SSSR count).